The van der Waals surface area contributed by atoms with Gasteiger partial charge in [-0.05, 0) is 25.9 Å². The summed E-state index contributed by atoms with van der Waals surface area (Å²) < 4.78 is 0. The van der Waals surface area contributed by atoms with Crippen molar-refractivity contribution in [3.63, 3.8) is 0 Å². The first-order valence-corrected chi connectivity index (χ1v) is 14.5. The van der Waals surface area contributed by atoms with Gasteiger partial charge in [-0.3, -0.25) is 4.79 Å². The van der Waals surface area contributed by atoms with Crippen LogP contribution in [0.5, 0.6) is 0 Å². The first-order chi connectivity index (χ1) is 16.2. The van der Waals surface area contributed by atoms with Crippen LogP contribution in [0.1, 0.15) is 148 Å². The number of nitrogens with one attached hydrogen (secondary N) is 2. The molecule has 5 nitrogen and oxygen atoms in total. The molecule has 33 heavy (non-hydrogen) atoms. The van der Waals surface area contributed by atoms with Gasteiger partial charge in [-0.2, -0.15) is 0 Å². The van der Waals surface area contributed by atoms with Crippen molar-refractivity contribution in [3.05, 3.63) is 0 Å². The average molecular weight is 471 g/mol. The molecule has 0 unspecified atom stereocenters. The van der Waals surface area contributed by atoms with E-state index >= 15 is 0 Å². The lowest BCUT2D eigenvalue weighted by Crippen LogP contribution is -2.28. The van der Waals surface area contributed by atoms with Crippen molar-refractivity contribution in [2.45, 2.75) is 154 Å². The zero-order chi connectivity index (χ0) is 24.2. The van der Waals surface area contributed by atoms with Crippen LogP contribution in [-0.2, 0) is 4.79 Å². The summed E-state index contributed by atoms with van der Waals surface area (Å²) in [5.74, 6) is 0.160. The SMILES string of the molecule is CCCCCCCCCCCCCCCCCCCCCC(=O)NCCCNCCC(O)O. The Morgan fingerprint density at radius 3 is 1.42 bits per heavy atom. The molecule has 0 saturated heterocycles. The lowest BCUT2D eigenvalue weighted by Gasteiger charge is -2.07. The number of amides is 1. The van der Waals surface area contributed by atoms with Crippen molar-refractivity contribution in [2.75, 3.05) is 19.6 Å². The van der Waals surface area contributed by atoms with Gasteiger partial charge in [-0.1, -0.05) is 122 Å². The maximum Gasteiger partial charge on any atom is 0.219 e. The van der Waals surface area contributed by atoms with E-state index in [0.717, 1.165) is 25.8 Å². The Morgan fingerprint density at radius 2 is 1.00 bits per heavy atom. The Hall–Kier alpha value is -0.650. The normalized spacial score (nSPS) is 11.4. The summed E-state index contributed by atoms with van der Waals surface area (Å²) >= 11 is 0. The molecule has 0 spiro atoms. The van der Waals surface area contributed by atoms with Crippen LogP contribution >= 0.6 is 0 Å². The molecule has 0 aliphatic heterocycles. The maximum absolute atomic E-state index is 11.8. The van der Waals surface area contributed by atoms with Gasteiger partial charge in [0.2, 0.25) is 5.91 Å². The smallest absolute Gasteiger partial charge is 0.219 e. The topological polar surface area (TPSA) is 81.6 Å². The number of carbonyl (C=O) groups is 1. The molecule has 0 atom stereocenters. The van der Waals surface area contributed by atoms with Crippen LogP contribution in [0.3, 0.4) is 0 Å². The summed E-state index contributed by atoms with van der Waals surface area (Å²) in [5, 5.41) is 23.6. The van der Waals surface area contributed by atoms with Crippen LogP contribution < -0.4 is 10.6 Å². The van der Waals surface area contributed by atoms with Crippen molar-refractivity contribution in [1.29, 1.82) is 0 Å². The lowest BCUT2D eigenvalue weighted by molar-refractivity contribution is -0.121. The molecule has 5 heteroatoms. The first-order valence-electron chi connectivity index (χ1n) is 14.5. The van der Waals surface area contributed by atoms with Crippen LogP contribution in [-0.4, -0.2) is 42.0 Å². The van der Waals surface area contributed by atoms with Crippen molar-refractivity contribution in [1.82, 2.24) is 10.6 Å². The van der Waals surface area contributed by atoms with Gasteiger partial charge in [0, 0.05) is 19.4 Å². The minimum Gasteiger partial charge on any atom is -0.368 e. The van der Waals surface area contributed by atoms with Crippen molar-refractivity contribution in [3.8, 4) is 0 Å². The molecule has 198 valence electrons. The van der Waals surface area contributed by atoms with Gasteiger partial charge in [0.1, 0.15) is 0 Å². The van der Waals surface area contributed by atoms with Gasteiger partial charge < -0.3 is 20.8 Å². The third kappa shape index (κ3) is 29.3. The highest BCUT2D eigenvalue weighted by Gasteiger charge is 2.01. The molecule has 0 rings (SSSR count). The fourth-order valence-electron chi connectivity index (χ4n) is 4.25. The van der Waals surface area contributed by atoms with Gasteiger partial charge in [0.15, 0.2) is 6.29 Å². The van der Waals surface area contributed by atoms with Crippen LogP contribution in [0.2, 0.25) is 0 Å². The fourth-order valence-corrected chi connectivity index (χ4v) is 4.25. The number of hydrogen-bond acceptors (Lipinski definition) is 4. The molecule has 0 aromatic carbocycles. The lowest BCUT2D eigenvalue weighted by atomic mass is 10.0. The molecule has 1 amide bonds. The van der Waals surface area contributed by atoms with E-state index in [4.69, 9.17) is 10.2 Å². The second kappa shape index (κ2) is 27.6. The number of aliphatic hydroxyl groups excluding tert-OH is 1. The Labute approximate surface area is 205 Å². The van der Waals surface area contributed by atoms with Crippen LogP contribution in [0.25, 0.3) is 0 Å². The molecule has 4 N–H and O–H groups in total. The molecular formula is C28H58N2O3. The maximum atomic E-state index is 11.8. The highest BCUT2D eigenvalue weighted by molar-refractivity contribution is 5.75. The molecule has 0 aliphatic carbocycles. The van der Waals surface area contributed by atoms with E-state index in [9.17, 15) is 4.79 Å². The van der Waals surface area contributed by atoms with Crippen molar-refractivity contribution < 1.29 is 15.0 Å². The summed E-state index contributed by atoms with van der Waals surface area (Å²) in [6, 6.07) is 0. The molecule has 0 heterocycles. The predicted molar refractivity (Wildman–Crippen MR) is 141 cm³/mol. The molecule has 0 aromatic heterocycles. The zero-order valence-corrected chi connectivity index (χ0v) is 22.1. The molecular weight excluding hydrogens is 412 g/mol. The predicted octanol–water partition coefficient (Wildman–Crippen LogP) is 6.61. The van der Waals surface area contributed by atoms with E-state index in [0.29, 0.717) is 25.9 Å². The largest absolute Gasteiger partial charge is 0.368 e. The number of rotatable bonds is 27. The minimum absolute atomic E-state index is 0.160. The molecule has 0 aliphatic rings. The number of carbonyl (C=O) groups excluding carboxylic acids is 1. The molecule has 0 fully saturated rings. The van der Waals surface area contributed by atoms with Crippen LogP contribution in [0.4, 0.5) is 0 Å². The number of unbranched alkanes of at least 4 members (excludes halogenated alkanes) is 18. The second-order valence-electron chi connectivity index (χ2n) is 9.84. The standard InChI is InChI=1S/C28H58N2O3/c1-2-3-4-5-6-7-8-9-10-11-12-13-14-15-16-17-18-19-20-22-27(31)30-25-21-24-29-26-23-28(32)33/h28-29,32-33H,2-26H2,1H3,(H,30,31). The van der Waals surface area contributed by atoms with E-state index in [-0.39, 0.29) is 5.91 Å². The summed E-state index contributed by atoms with van der Waals surface area (Å²) in [5.41, 5.74) is 0. The van der Waals surface area contributed by atoms with Gasteiger partial charge in [0.05, 0.1) is 0 Å². The summed E-state index contributed by atoms with van der Waals surface area (Å²) in [7, 11) is 0. The van der Waals surface area contributed by atoms with Crippen molar-refractivity contribution >= 4 is 5.91 Å². The highest BCUT2D eigenvalue weighted by Crippen LogP contribution is 2.14. The van der Waals surface area contributed by atoms with Gasteiger partial charge in [0.25, 0.3) is 0 Å². The highest BCUT2D eigenvalue weighted by atomic mass is 16.5. The van der Waals surface area contributed by atoms with Crippen LogP contribution in [0.15, 0.2) is 0 Å². The van der Waals surface area contributed by atoms with Gasteiger partial charge in [-0.15, -0.1) is 0 Å². The quantitative estimate of drug-likeness (QED) is 0.0804. The fraction of sp³-hybridized carbons (Fsp3) is 0.964. The summed E-state index contributed by atoms with van der Waals surface area (Å²) in [6.45, 7) is 4.34. The molecule has 0 bridgehead atoms. The molecule has 0 saturated carbocycles. The number of aliphatic hydroxyl groups is 2. The molecule has 0 radical (unpaired) electrons. The monoisotopic (exact) mass is 470 g/mol. The first kappa shape index (κ1) is 32.4. The second-order valence-corrected chi connectivity index (χ2v) is 9.84. The van der Waals surface area contributed by atoms with Gasteiger partial charge >= 0.3 is 0 Å². The zero-order valence-electron chi connectivity index (χ0n) is 22.1. The Morgan fingerprint density at radius 1 is 0.576 bits per heavy atom. The van der Waals surface area contributed by atoms with Crippen molar-refractivity contribution in [2.24, 2.45) is 0 Å². The third-order valence-electron chi connectivity index (χ3n) is 6.44. The van der Waals surface area contributed by atoms with E-state index < -0.39 is 6.29 Å². The Kier molecular flexibility index (Phi) is 27.0. The van der Waals surface area contributed by atoms with Gasteiger partial charge in [-0.25, -0.2) is 0 Å². The molecule has 0 aromatic rings. The van der Waals surface area contributed by atoms with E-state index in [1.807, 2.05) is 0 Å². The van der Waals surface area contributed by atoms with E-state index in [2.05, 4.69) is 17.6 Å². The minimum atomic E-state index is -1.24. The van der Waals surface area contributed by atoms with E-state index in [1.54, 1.807) is 0 Å². The Balaban J connectivity index is 3.12. The van der Waals surface area contributed by atoms with Crippen LogP contribution in [0, 0.1) is 0 Å². The average Bonchev–Trinajstić information content (AvgIpc) is 2.79. The third-order valence-corrected chi connectivity index (χ3v) is 6.44. The Bertz CT molecular complexity index is 391. The van der Waals surface area contributed by atoms with E-state index in [1.165, 1.54) is 109 Å². The summed E-state index contributed by atoms with van der Waals surface area (Å²) in [6.07, 6.45) is 26.6. The number of hydrogen-bond donors (Lipinski definition) is 4. The summed E-state index contributed by atoms with van der Waals surface area (Å²) in [4.78, 5) is 11.8.